The van der Waals surface area contributed by atoms with Crippen molar-refractivity contribution < 1.29 is 4.42 Å². The SMILES string of the molecule is Cc1ccoc1C(N)Cc1cccc2ccccc12. The molecule has 2 aromatic carbocycles. The summed E-state index contributed by atoms with van der Waals surface area (Å²) < 4.78 is 5.49. The summed E-state index contributed by atoms with van der Waals surface area (Å²) in [5.41, 5.74) is 8.65. The number of aryl methyl sites for hydroxylation is 1. The lowest BCUT2D eigenvalue weighted by molar-refractivity contribution is 0.462. The van der Waals surface area contributed by atoms with Gasteiger partial charge in [-0.2, -0.15) is 0 Å². The highest BCUT2D eigenvalue weighted by Gasteiger charge is 2.14. The minimum Gasteiger partial charge on any atom is -0.467 e. The summed E-state index contributed by atoms with van der Waals surface area (Å²) in [7, 11) is 0. The van der Waals surface area contributed by atoms with E-state index >= 15 is 0 Å². The van der Waals surface area contributed by atoms with Crippen LogP contribution >= 0.6 is 0 Å². The Morgan fingerprint density at radius 3 is 2.63 bits per heavy atom. The monoisotopic (exact) mass is 251 g/mol. The van der Waals surface area contributed by atoms with Crippen LogP contribution in [0.5, 0.6) is 0 Å². The minimum atomic E-state index is -0.0965. The highest BCUT2D eigenvalue weighted by atomic mass is 16.3. The predicted molar refractivity (Wildman–Crippen MR) is 78.0 cm³/mol. The van der Waals surface area contributed by atoms with Crippen LogP contribution in [0.15, 0.2) is 59.2 Å². The molecule has 0 fully saturated rings. The molecule has 0 aliphatic rings. The molecule has 2 heteroatoms. The summed E-state index contributed by atoms with van der Waals surface area (Å²) in [5.74, 6) is 0.882. The number of fused-ring (bicyclic) bond motifs is 1. The first-order valence-electron chi connectivity index (χ1n) is 6.52. The quantitative estimate of drug-likeness (QED) is 0.764. The third-order valence-electron chi connectivity index (χ3n) is 3.56. The van der Waals surface area contributed by atoms with Gasteiger partial charge in [-0.05, 0) is 41.3 Å². The van der Waals surface area contributed by atoms with Gasteiger partial charge in [-0.15, -0.1) is 0 Å². The summed E-state index contributed by atoms with van der Waals surface area (Å²) >= 11 is 0. The Hall–Kier alpha value is -2.06. The highest BCUT2D eigenvalue weighted by molar-refractivity contribution is 5.85. The van der Waals surface area contributed by atoms with E-state index in [1.807, 2.05) is 13.0 Å². The van der Waals surface area contributed by atoms with Crippen molar-refractivity contribution in [2.24, 2.45) is 5.73 Å². The van der Waals surface area contributed by atoms with Gasteiger partial charge in [0.1, 0.15) is 5.76 Å². The van der Waals surface area contributed by atoms with E-state index < -0.39 is 0 Å². The van der Waals surface area contributed by atoms with Gasteiger partial charge in [-0.3, -0.25) is 0 Å². The number of benzene rings is 2. The first kappa shape index (κ1) is 12.0. The van der Waals surface area contributed by atoms with Gasteiger partial charge in [0.25, 0.3) is 0 Å². The van der Waals surface area contributed by atoms with Crippen molar-refractivity contribution in [1.29, 1.82) is 0 Å². The normalized spacial score (nSPS) is 12.7. The molecule has 0 bridgehead atoms. The fourth-order valence-electron chi connectivity index (χ4n) is 2.56. The van der Waals surface area contributed by atoms with Crippen molar-refractivity contribution in [3.63, 3.8) is 0 Å². The fraction of sp³-hybridized carbons (Fsp3) is 0.176. The summed E-state index contributed by atoms with van der Waals surface area (Å²) in [6, 6.07) is 16.6. The fourth-order valence-corrected chi connectivity index (χ4v) is 2.56. The van der Waals surface area contributed by atoms with E-state index in [-0.39, 0.29) is 6.04 Å². The lowest BCUT2D eigenvalue weighted by Gasteiger charge is -2.12. The smallest absolute Gasteiger partial charge is 0.123 e. The van der Waals surface area contributed by atoms with Crippen molar-refractivity contribution in [2.45, 2.75) is 19.4 Å². The molecule has 1 atom stereocenters. The molecule has 1 aromatic heterocycles. The second-order valence-corrected chi connectivity index (χ2v) is 4.92. The zero-order valence-corrected chi connectivity index (χ0v) is 11.0. The number of furan rings is 1. The zero-order chi connectivity index (χ0) is 13.2. The van der Waals surface area contributed by atoms with Gasteiger partial charge in [0.05, 0.1) is 12.3 Å². The van der Waals surface area contributed by atoms with Crippen molar-refractivity contribution in [3.8, 4) is 0 Å². The molecule has 3 aromatic rings. The minimum absolute atomic E-state index is 0.0965. The summed E-state index contributed by atoms with van der Waals surface area (Å²) in [5, 5.41) is 2.52. The first-order valence-corrected chi connectivity index (χ1v) is 6.52. The van der Waals surface area contributed by atoms with Crippen LogP contribution in [0.4, 0.5) is 0 Å². The number of rotatable bonds is 3. The van der Waals surface area contributed by atoms with Crippen LogP contribution in [0, 0.1) is 6.92 Å². The molecule has 0 amide bonds. The number of nitrogens with two attached hydrogens (primary N) is 1. The molecule has 0 aliphatic heterocycles. The van der Waals surface area contributed by atoms with E-state index in [9.17, 15) is 0 Å². The summed E-state index contributed by atoms with van der Waals surface area (Å²) in [6.45, 7) is 2.03. The average molecular weight is 251 g/mol. The molecular weight excluding hydrogens is 234 g/mol. The Bertz CT molecular complexity index is 694. The first-order chi connectivity index (χ1) is 9.25. The van der Waals surface area contributed by atoms with Gasteiger partial charge < -0.3 is 10.2 Å². The topological polar surface area (TPSA) is 39.2 Å². The molecule has 0 aliphatic carbocycles. The van der Waals surface area contributed by atoms with Crippen molar-refractivity contribution in [1.82, 2.24) is 0 Å². The Morgan fingerprint density at radius 2 is 1.84 bits per heavy atom. The summed E-state index contributed by atoms with van der Waals surface area (Å²) in [4.78, 5) is 0. The Balaban J connectivity index is 1.96. The second kappa shape index (κ2) is 4.90. The molecule has 0 saturated carbocycles. The molecule has 19 heavy (non-hydrogen) atoms. The van der Waals surface area contributed by atoms with Crippen LogP contribution in [0.25, 0.3) is 10.8 Å². The molecular formula is C17H17NO. The zero-order valence-electron chi connectivity index (χ0n) is 11.0. The Kier molecular flexibility index (Phi) is 3.10. The Labute approximate surface area is 112 Å². The van der Waals surface area contributed by atoms with Gasteiger partial charge in [-0.1, -0.05) is 42.5 Å². The standard InChI is InChI=1S/C17H17NO/c1-12-9-10-19-17(12)16(18)11-14-7-4-6-13-5-2-3-8-15(13)14/h2-10,16H,11,18H2,1H3. The van der Waals surface area contributed by atoms with E-state index in [2.05, 4.69) is 42.5 Å². The second-order valence-electron chi connectivity index (χ2n) is 4.92. The highest BCUT2D eigenvalue weighted by Crippen LogP contribution is 2.25. The summed E-state index contributed by atoms with van der Waals surface area (Å²) in [6.07, 6.45) is 2.49. The molecule has 0 saturated heterocycles. The van der Waals surface area contributed by atoms with Crippen LogP contribution in [0.3, 0.4) is 0 Å². The molecule has 0 radical (unpaired) electrons. The Morgan fingerprint density at radius 1 is 1.05 bits per heavy atom. The van der Waals surface area contributed by atoms with Gasteiger partial charge in [-0.25, -0.2) is 0 Å². The largest absolute Gasteiger partial charge is 0.467 e. The van der Waals surface area contributed by atoms with E-state index in [1.54, 1.807) is 6.26 Å². The van der Waals surface area contributed by atoms with Crippen LogP contribution in [0.1, 0.15) is 22.9 Å². The maximum atomic E-state index is 6.27. The van der Waals surface area contributed by atoms with Gasteiger partial charge in [0.2, 0.25) is 0 Å². The lowest BCUT2D eigenvalue weighted by Crippen LogP contribution is -2.13. The van der Waals surface area contributed by atoms with E-state index in [0.29, 0.717) is 0 Å². The van der Waals surface area contributed by atoms with Gasteiger partial charge in [0.15, 0.2) is 0 Å². The third kappa shape index (κ3) is 2.27. The van der Waals surface area contributed by atoms with Crippen molar-refractivity contribution in [2.75, 3.05) is 0 Å². The van der Waals surface area contributed by atoms with E-state index in [0.717, 1.165) is 17.7 Å². The molecule has 1 unspecified atom stereocenters. The van der Waals surface area contributed by atoms with Gasteiger partial charge >= 0.3 is 0 Å². The van der Waals surface area contributed by atoms with Gasteiger partial charge in [0, 0.05) is 0 Å². The molecule has 1 heterocycles. The molecule has 2 N–H and O–H groups in total. The van der Waals surface area contributed by atoms with Crippen molar-refractivity contribution >= 4 is 10.8 Å². The van der Waals surface area contributed by atoms with E-state index in [4.69, 9.17) is 10.2 Å². The number of hydrogen-bond acceptors (Lipinski definition) is 2. The maximum Gasteiger partial charge on any atom is 0.123 e. The lowest BCUT2D eigenvalue weighted by atomic mass is 9.97. The van der Waals surface area contributed by atoms with Crippen LogP contribution < -0.4 is 5.73 Å². The van der Waals surface area contributed by atoms with Crippen LogP contribution in [0.2, 0.25) is 0 Å². The van der Waals surface area contributed by atoms with E-state index in [1.165, 1.54) is 16.3 Å². The predicted octanol–water partition coefficient (Wildman–Crippen LogP) is 3.98. The third-order valence-corrected chi connectivity index (χ3v) is 3.56. The molecule has 3 rings (SSSR count). The molecule has 0 spiro atoms. The van der Waals surface area contributed by atoms with Crippen LogP contribution in [-0.4, -0.2) is 0 Å². The van der Waals surface area contributed by atoms with Crippen molar-refractivity contribution in [3.05, 3.63) is 71.7 Å². The maximum absolute atomic E-state index is 6.27. The average Bonchev–Trinajstić information content (AvgIpc) is 2.85. The number of hydrogen-bond donors (Lipinski definition) is 1. The van der Waals surface area contributed by atoms with Crippen LogP contribution in [-0.2, 0) is 6.42 Å². The molecule has 2 nitrogen and oxygen atoms in total. The molecule has 96 valence electrons.